The minimum atomic E-state index is -0.0538. The van der Waals surface area contributed by atoms with Crippen LogP contribution in [0.15, 0.2) is 23.7 Å². The molecule has 8 nitrogen and oxygen atoms in total. The van der Waals surface area contributed by atoms with Gasteiger partial charge in [-0.1, -0.05) is 0 Å². The Hall–Kier alpha value is -2.69. The van der Waals surface area contributed by atoms with E-state index in [2.05, 4.69) is 25.2 Å². The highest BCUT2D eigenvalue weighted by molar-refractivity contribution is 7.16. The fourth-order valence-corrected chi connectivity index (χ4v) is 7.08. The molecule has 176 valence electrons. The highest BCUT2D eigenvalue weighted by Crippen LogP contribution is 2.47. The summed E-state index contributed by atoms with van der Waals surface area (Å²) in [4.78, 5) is 45.0. The molecular weight excluding hydrogens is 468 g/mol. The van der Waals surface area contributed by atoms with Gasteiger partial charge in [0.05, 0.1) is 32.9 Å². The first-order valence-corrected chi connectivity index (χ1v) is 13.3. The number of nitrogens with one attached hydrogen (secondary N) is 1. The molecule has 4 aliphatic rings. The second-order valence-electron chi connectivity index (χ2n) is 9.25. The first-order chi connectivity index (χ1) is 16.4. The van der Waals surface area contributed by atoms with E-state index in [0.29, 0.717) is 42.2 Å². The zero-order valence-electron chi connectivity index (χ0n) is 19.3. The number of rotatable bonds is 6. The van der Waals surface area contributed by atoms with Crippen molar-refractivity contribution in [1.29, 1.82) is 0 Å². The molecule has 3 aromatic heterocycles. The summed E-state index contributed by atoms with van der Waals surface area (Å²) in [5.41, 5.74) is 2.44. The number of ketones is 1. The van der Waals surface area contributed by atoms with E-state index in [1.165, 1.54) is 11.3 Å². The van der Waals surface area contributed by atoms with E-state index >= 15 is 0 Å². The van der Waals surface area contributed by atoms with Crippen LogP contribution < -0.4 is 5.32 Å². The van der Waals surface area contributed by atoms with Crippen molar-refractivity contribution in [2.45, 2.75) is 51.7 Å². The van der Waals surface area contributed by atoms with Crippen molar-refractivity contribution in [2.75, 3.05) is 18.4 Å². The molecule has 1 saturated carbocycles. The number of likely N-dealkylation sites (N-methyl/N-ethyl adjacent to an activating group) is 1. The van der Waals surface area contributed by atoms with Gasteiger partial charge >= 0.3 is 0 Å². The van der Waals surface area contributed by atoms with Gasteiger partial charge < -0.3 is 10.2 Å². The Kier molecular flexibility index (Phi) is 5.27. The maximum atomic E-state index is 13.4. The molecule has 3 aromatic rings. The van der Waals surface area contributed by atoms with E-state index in [-0.39, 0.29) is 17.9 Å². The van der Waals surface area contributed by atoms with Gasteiger partial charge in [-0.3, -0.25) is 14.5 Å². The Morgan fingerprint density at radius 3 is 2.85 bits per heavy atom. The maximum Gasteiger partial charge on any atom is 0.255 e. The number of carbonyl (C=O) groups is 2. The Labute approximate surface area is 206 Å². The molecule has 1 N–H and O–H groups in total. The lowest BCUT2D eigenvalue weighted by atomic mass is 9.71. The molecule has 4 fully saturated rings. The predicted molar refractivity (Wildman–Crippen MR) is 133 cm³/mol. The van der Waals surface area contributed by atoms with E-state index in [1.54, 1.807) is 23.6 Å². The van der Waals surface area contributed by atoms with Gasteiger partial charge in [-0.05, 0) is 39.3 Å². The van der Waals surface area contributed by atoms with E-state index < -0.39 is 0 Å². The number of amides is 1. The maximum absolute atomic E-state index is 13.4. The normalized spacial score (nSPS) is 26.9. The molecule has 0 radical (unpaired) electrons. The Bertz CT molecular complexity index is 1270. The standard InChI is InChI=1S/C24H26N6O2S2/c1-4-29(21-16-8-18(21)30-10-15(30)7-19(16)31)23(32)14-5-6-20(25-9-14)28-24-27-17(11-33-24)22-12(2)26-13(3)34-22/h5-6,9,11,15-16,18,21H,4,7-8,10H2,1-3H3,(H,25,27,28)/t15?,16?,18?,21-,30?/m1/s1. The lowest BCUT2D eigenvalue weighted by molar-refractivity contribution is -0.128. The number of anilines is 2. The smallest absolute Gasteiger partial charge is 0.255 e. The van der Waals surface area contributed by atoms with Gasteiger partial charge in [0.15, 0.2) is 5.13 Å². The molecule has 6 heterocycles. The molecule has 1 aliphatic carbocycles. The van der Waals surface area contributed by atoms with Crippen LogP contribution in [0, 0.1) is 19.8 Å². The summed E-state index contributed by atoms with van der Waals surface area (Å²) in [5, 5.41) is 7.02. The fourth-order valence-electron chi connectivity index (χ4n) is 5.42. The van der Waals surface area contributed by atoms with Gasteiger partial charge in [-0.15, -0.1) is 22.7 Å². The Morgan fingerprint density at radius 2 is 2.15 bits per heavy atom. The van der Waals surface area contributed by atoms with Crippen LogP contribution in [0.3, 0.4) is 0 Å². The number of pyridine rings is 1. The molecule has 3 aliphatic heterocycles. The molecular formula is C24H26N6O2S2. The van der Waals surface area contributed by atoms with Crippen molar-refractivity contribution in [3.05, 3.63) is 40.0 Å². The van der Waals surface area contributed by atoms with Crippen LogP contribution in [0.2, 0.25) is 0 Å². The number of carbonyl (C=O) groups excluding carboxylic acids is 2. The average Bonchev–Trinajstić information content (AvgIpc) is 3.29. The fraction of sp³-hybridized carbons (Fsp3) is 0.458. The summed E-state index contributed by atoms with van der Waals surface area (Å²) in [6.45, 7) is 7.56. The van der Waals surface area contributed by atoms with Crippen LogP contribution >= 0.6 is 22.7 Å². The van der Waals surface area contributed by atoms with E-state index in [4.69, 9.17) is 0 Å². The number of aryl methyl sites for hydroxylation is 2. The third kappa shape index (κ3) is 3.64. The molecule has 10 heteroatoms. The van der Waals surface area contributed by atoms with Crippen molar-refractivity contribution < 1.29 is 9.59 Å². The van der Waals surface area contributed by atoms with Crippen LogP contribution in [0.1, 0.15) is 40.8 Å². The van der Waals surface area contributed by atoms with Gasteiger partial charge in [0.2, 0.25) is 0 Å². The second kappa shape index (κ2) is 8.21. The van der Waals surface area contributed by atoms with Gasteiger partial charge in [-0.2, -0.15) is 0 Å². The molecule has 0 aromatic carbocycles. The quantitative estimate of drug-likeness (QED) is 0.520. The van der Waals surface area contributed by atoms with Crippen molar-refractivity contribution >= 4 is 45.3 Å². The molecule has 34 heavy (non-hydrogen) atoms. The van der Waals surface area contributed by atoms with Crippen LogP contribution in [-0.4, -0.2) is 67.7 Å². The van der Waals surface area contributed by atoms with Crippen molar-refractivity contribution in [2.24, 2.45) is 5.92 Å². The van der Waals surface area contributed by atoms with E-state index in [9.17, 15) is 9.59 Å². The van der Waals surface area contributed by atoms with Crippen LogP contribution in [0.4, 0.5) is 10.9 Å². The van der Waals surface area contributed by atoms with E-state index in [0.717, 1.165) is 39.4 Å². The minimum absolute atomic E-state index is 0.0112. The summed E-state index contributed by atoms with van der Waals surface area (Å²) >= 11 is 3.15. The number of Topliss-reactive ketones (excluding diaryl/α,β-unsaturated/α-hetero) is 1. The van der Waals surface area contributed by atoms with Crippen LogP contribution in [-0.2, 0) is 4.79 Å². The number of thiazole rings is 2. The van der Waals surface area contributed by atoms with Gasteiger partial charge in [0, 0.05) is 49.1 Å². The second-order valence-corrected chi connectivity index (χ2v) is 11.3. The van der Waals surface area contributed by atoms with Crippen molar-refractivity contribution in [3.63, 3.8) is 0 Å². The number of fused-ring (bicyclic) bond motifs is 1. The summed E-state index contributed by atoms with van der Waals surface area (Å²) in [7, 11) is 0. The first kappa shape index (κ1) is 21.8. The largest absolute Gasteiger partial charge is 0.334 e. The van der Waals surface area contributed by atoms with Gasteiger partial charge in [-0.25, -0.2) is 15.0 Å². The summed E-state index contributed by atoms with van der Waals surface area (Å²) in [6.07, 6.45) is 3.15. The molecule has 1 amide bonds. The molecule has 0 spiro atoms. The Morgan fingerprint density at radius 1 is 1.29 bits per heavy atom. The van der Waals surface area contributed by atoms with Gasteiger partial charge in [0.1, 0.15) is 11.6 Å². The zero-order valence-corrected chi connectivity index (χ0v) is 20.9. The summed E-state index contributed by atoms with van der Waals surface area (Å²) in [6, 6.07) is 4.33. The van der Waals surface area contributed by atoms with Crippen molar-refractivity contribution in [3.8, 4) is 10.6 Å². The molecule has 4 unspecified atom stereocenters. The van der Waals surface area contributed by atoms with Crippen LogP contribution in [0.25, 0.3) is 10.6 Å². The summed E-state index contributed by atoms with van der Waals surface area (Å²) in [5.74, 6) is 0.890. The number of nitrogens with zero attached hydrogens (tertiary/aromatic N) is 5. The number of aromatic nitrogens is 3. The molecule has 3 saturated heterocycles. The highest BCUT2D eigenvalue weighted by Gasteiger charge is 2.60. The predicted octanol–water partition coefficient (Wildman–Crippen LogP) is 3.90. The minimum Gasteiger partial charge on any atom is -0.334 e. The van der Waals surface area contributed by atoms with E-state index in [1.807, 2.05) is 37.1 Å². The zero-order chi connectivity index (χ0) is 23.6. The number of hydrogen-bond donors (Lipinski definition) is 1. The molecule has 5 atom stereocenters. The molecule has 7 rings (SSSR count). The number of hydrogen-bond acceptors (Lipinski definition) is 9. The topological polar surface area (TPSA) is 91.1 Å². The van der Waals surface area contributed by atoms with Gasteiger partial charge in [0.25, 0.3) is 5.91 Å². The SMILES string of the molecule is CCN(C(=O)c1ccc(Nc2nc(-c3sc(C)nc3C)cs2)nc1)[C@@H]1C2CC1N1CC1CC2=O. The monoisotopic (exact) mass is 494 g/mol. The lowest BCUT2D eigenvalue weighted by Crippen LogP contribution is -2.62. The third-order valence-electron chi connectivity index (χ3n) is 7.18. The third-order valence-corrected chi connectivity index (χ3v) is 9.04. The summed E-state index contributed by atoms with van der Waals surface area (Å²) < 4.78 is 0. The van der Waals surface area contributed by atoms with Crippen molar-refractivity contribution in [1.82, 2.24) is 24.8 Å². The highest BCUT2D eigenvalue weighted by atomic mass is 32.1. The average molecular weight is 495 g/mol. The lowest BCUT2D eigenvalue weighted by Gasteiger charge is -2.49. The molecule has 2 bridgehead atoms. The first-order valence-electron chi connectivity index (χ1n) is 11.7. The Balaban J connectivity index is 1.16. The van der Waals surface area contributed by atoms with Crippen LogP contribution in [0.5, 0.6) is 0 Å².